The molecule has 0 radical (unpaired) electrons. The van der Waals surface area contributed by atoms with Crippen LogP contribution < -0.4 is 0 Å². The van der Waals surface area contributed by atoms with Crippen molar-refractivity contribution in [2.24, 2.45) is 0 Å². The fraction of sp³-hybridized carbons (Fsp3) is 0.476. The molecule has 0 saturated carbocycles. The Morgan fingerprint density at radius 2 is 1.81 bits per heavy atom. The minimum Gasteiger partial charge on any atom is -0.455 e. The van der Waals surface area contributed by atoms with E-state index in [-0.39, 0.29) is 24.9 Å². The molecule has 2 rings (SSSR count). The molecule has 5 heteroatoms. The molecule has 0 saturated heterocycles. The highest BCUT2D eigenvalue weighted by molar-refractivity contribution is 5.82. The SMILES string of the molecule is O=C1C=CCC(/C=C/CC(O)CC(O)CC(O)CCc2ccccc2)O1. The van der Waals surface area contributed by atoms with Gasteiger partial charge in [0, 0.05) is 12.5 Å². The van der Waals surface area contributed by atoms with E-state index in [1.165, 1.54) is 6.08 Å². The molecule has 1 aliphatic heterocycles. The number of carbonyl (C=O) groups excluding carboxylic acids is 1. The van der Waals surface area contributed by atoms with Gasteiger partial charge in [0.1, 0.15) is 6.10 Å². The maximum Gasteiger partial charge on any atom is 0.331 e. The van der Waals surface area contributed by atoms with Gasteiger partial charge in [-0.25, -0.2) is 4.79 Å². The van der Waals surface area contributed by atoms with E-state index in [1.807, 2.05) is 30.3 Å². The molecule has 3 N–H and O–H groups in total. The van der Waals surface area contributed by atoms with E-state index in [4.69, 9.17) is 4.74 Å². The van der Waals surface area contributed by atoms with Gasteiger partial charge in [-0.1, -0.05) is 42.5 Å². The average Bonchev–Trinajstić information content (AvgIpc) is 2.61. The summed E-state index contributed by atoms with van der Waals surface area (Å²) >= 11 is 0. The summed E-state index contributed by atoms with van der Waals surface area (Å²) < 4.78 is 5.09. The van der Waals surface area contributed by atoms with Gasteiger partial charge >= 0.3 is 5.97 Å². The van der Waals surface area contributed by atoms with Gasteiger partial charge in [-0.05, 0) is 43.7 Å². The lowest BCUT2D eigenvalue weighted by molar-refractivity contribution is -0.141. The Balaban J connectivity index is 1.62. The zero-order valence-electron chi connectivity index (χ0n) is 14.9. The van der Waals surface area contributed by atoms with Gasteiger partial charge < -0.3 is 20.1 Å². The molecular weight excluding hydrogens is 332 g/mol. The Labute approximate surface area is 154 Å². The number of esters is 1. The number of aliphatic hydroxyl groups excluding tert-OH is 3. The smallest absolute Gasteiger partial charge is 0.331 e. The van der Waals surface area contributed by atoms with E-state index < -0.39 is 18.3 Å². The van der Waals surface area contributed by atoms with Crippen molar-refractivity contribution in [2.75, 3.05) is 0 Å². The van der Waals surface area contributed by atoms with Crippen molar-refractivity contribution in [3.63, 3.8) is 0 Å². The first-order valence-corrected chi connectivity index (χ1v) is 9.15. The first-order valence-electron chi connectivity index (χ1n) is 9.15. The number of benzene rings is 1. The average molecular weight is 360 g/mol. The largest absolute Gasteiger partial charge is 0.455 e. The maximum atomic E-state index is 11.1. The van der Waals surface area contributed by atoms with Gasteiger partial charge in [0.05, 0.1) is 18.3 Å². The predicted octanol–water partition coefficient (Wildman–Crippen LogP) is 2.30. The Bertz CT molecular complexity index is 596. The van der Waals surface area contributed by atoms with Crippen LogP contribution in [0.25, 0.3) is 0 Å². The van der Waals surface area contributed by atoms with Gasteiger partial charge in [0.25, 0.3) is 0 Å². The minimum absolute atomic E-state index is 0.205. The molecular formula is C21H28O5. The molecule has 0 aliphatic carbocycles. The standard InChI is InChI=1S/C21H28O5/c22-17(8-4-9-20-10-5-11-21(25)26-20)14-19(24)15-18(23)13-12-16-6-2-1-3-7-16/h1-7,9,11,17-20,22-24H,8,10,12-15H2/b9-4+. The summed E-state index contributed by atoms with van der Waals surface area (Å²) in [5.74, 6) is -0.355. The number of carbonyl (C=O) groups is 1. The number of ether oxygens (including phenoxy) is 1. The van der Waals surface area contributed by atoms with E-state index >= 15 is 0 Å². The van der Waals surface area contributed by atoms with Crippen LogP contribution in [0.5, 0.6) is 0 Å². The summed E-state index contributed by atoms with van der Waals surface area (Å²) in [5.41, 5.74) is 1.16. The number of hydrogen-bond acceptors (Lipinski definition) is 5. The van der Waals surface area contributed by atoms with Crippen LogP contribution in [0.3, 0.4) is 0 Å². The van der Waals surface area contributed by atoms with Gasteiger partial charge in [-0.3, -0.25) is 0 Å². The summed E-state index contributed by atoms with van der Waals surface area (Å²) in [6, 6.07) is 9.90. The zero-order chi connectivity index (χ0) is 18.8. The highest BCUT2D eigenvalue weighted by Crippen LogP contribution is 2.14. The number of aliphatic hydroxyl groups is 3. The molecule has 1 aromatic carbocycles. The Morgan fingerprint density at radius 3 is 2.54 bits per heavy atom. The van der Waals surface area contributed by atoms with Gasteiger partial charge in [0.2, 0.25) is 0 Å². The van der Waals surface area contributed by atoms with Crippen LogP contribution in [0, 0.1) is 0 Å². The summed E-state index contributed by atoms with van der Waals surface area (Å²) in [6.45, 7) is 0. The summed E-state index contributed by atoms with van der Waals surface area (Å²) in [6.07, 6.45) is 7.15. The van der Waals surface area contributed by atoms with Crippen LogP contribution in [0.15, 0.2) is 54.6 Å². The third kappa shape index (κ3) is 7.95. The Hall–Kier alpha value is -1.95. The van der Waals surface area contributed by atoms with Crippen molar-refractivity contribution < 1.29 is 24.9 Å². The zero-order valence-corrected chi connectivity index (χ0v) is 14.9. The second-order valence-corrected chi connectivity index (χ2v) is 6.73. The Morgan fingerprint density at radius 1 is 1.08 bits per heavy atom. The first kappa shape index (κ1) is 20.4. The highest BCUT2D eigenvalue weighted by Gasteiger charge is 2.16. The third-order valence-corrected chi connectivity index (χ3v) is 4.35. The molecule has 1 aromatic rings. The van der Waals surface area contributed by atoms with E-state index in [9.17, 15) is 20.1 Å². The fourth-order valence-corrected chi connectivity index (χ4v) is 2.96. The van der Waals surface area contributed by atoms with Crippen LogP contribution in [0.2, 0.25) is 0 Å². The number of rotatable bonds is 10. The molecule has 1 aliphatic rings. The van der Waals surface area contributed by atoms with Crippen molar-refractivity contribution in [3.05, 3.63) is 60.2 Å². The van der Waals surface area contributed by atoms with Crippen molar-refractivity contribution in [2.45, 2.75) is 62.9 Å². The second-order valence-electron chi connectivity index (χ2n) is 6.73. The van der Waals surface area contributed by atoms with Crippen LogP contribution in [0.4, 0.5) is 0 Å². The highest BCUT2D eigenvalue weighted by atomic mass is 16.5. The summed E-state index contributed by atoms with van der Waals surface area (Å²) in [7, 11) is 0. The number of hydrogen-bond donors (Lipinski definition) is 3. The van der Waals surface area contributed by atoms with E-state index in [1.54, 1.807) is 18.2 Å². The molecule has 1 heterocycles. The lowest BCUT2D eigenvalue weighted by atomic mass is 9.99. The number of aryl methyl sites for hydroxylation is 1. The van der Waals surface area contributed by atoms with Crippen LogP contribution >= 0.6 is 0 Å². The molecule has 4 atom stereocenters. The minimum atomic E-state index is -0.750. The number of cyclic esters (lactones) is 1. The molecule has 142 valence electrons. The van der Waals surface area contributed by atoms with Crippen molar-refractivity contribution in [1.29, 1.82) is 0 Å². The van der Waals surface area contributed by atoms with Gasteiger partial charge in [-0.15, -0.1) is 0 Å². The predicted molar refractivity (Wildman–Crippen MR) is 99.4 cm³/mol. The van der Waals surface area contributed by atoms with Gasteiger partial charge in [-0.2, -0.15) is 0 Å². The molecule has 0 spiro atoms. The molecule has 0 bridgehead atoms. The first-order chi connectivity index (χ1) is 12.5. The quantitative estimate of drug-likeness (QED) is 0.440. The normalized spacial score (nSPS) is 20.7. The van der Waals surface area contributed by atoms with E-state index in [0.717, 1.165) is 12.0 Å². The summed E-state index contributed by atoms with van der Waals surface area (Å²) in [5, 5.41) is 30.1. The monoisotopic (exact) mass is 360 g/mol. The van der Waals surface area contributed by atoms with Gasteiger partial charge in [0.15, 0.2) is 0 Å². The van der Waals surface area contributed by atoms with E-state index in [0.29, 0.717) is 19.3 Å². The van der Waals surface area contributed by atoms with Crippen molar-refractivity contribution in [3.8, 4) is 0 Å². The lowest BCUT2D eigenvalue weighted by Gasteiger charge is -2.18. The van der Waals surface area contributed by atoms with E-state index in [2.05, 4.69) is 0 Å². The second kappa shape index (κ2) is 10.9. The van der Waals surface area contributed by atoms with Crippen molar-refractivity contribution >= 4 is 5.97 Å². The maximum absolute atomic E-state index is 11.1. The molecule has 0 fully saturated rings. The molecule has 0 amide bonds. The molecule has 26 heavy (non-hydrogen) atoms. The topological polar surface area (TPSA) is 87.0 Å². The summed E-state index contributed by atoms with van der Waals surface area (Å²) in [4.78, 5) is 11.1. The van der Waals surface area contributed by atoms with Crippen molar-refractivity contribution in [1.82, 2.24) is 0 Å². The Kier molecular flexibility index (Phi) is 8.54. The molecule has 5 nitrogen and oxygen atoms in total. The van der Waals surface area contributed by atoms with Crippen LogP contribution in [-0.4, -0.2) is 45.7 Å². The van der Waals surface area contributed by atoms with Crippen LogP contribution in [-0.2, 0) is 16.0 Å². The molecule has 4 unspecified atom stereocenters. The third-order valence-electron chi connectivity index (χ3n) is 4.35. The lowest BCUT2D eigenvalue weighted by Crippen LogP contribution is -2.23. The molecule has 0 aromatic heterocycles. The fourth-order valence-electron chi connectivity index (χ4n) is 2.96. The van der Waals surface area contributed by atoms with Crippen LogP contribution in [0.1, 0.15) is 37.7 Å².